The Bertz CT molecular complexity index is 897. The lowest BCUT2D eigenvalue weighted by Gasteiger charge is -2.12. The number of anilines is 3. The largest absolute Gasteiger partial charge is 0.403 e. The maximum absolute atomic E-state index is 14.3. The molecule has 1 aromatic heterocycles. The van der Waals surface area contributed by atoms with Crippen molar-refractivity contribution >= 4 is 17.4 Å². The summed E-state index contributed by atoms with van der Waals surface area (Å²) >= 11 is 0. The Morgan fingerprint density at radius 3 is 2.14 bits per heavy atom. The van der Waals surface area contributed by atoms with Crippen LogP contribution in [0.5, 0.6) is 0 Å². The van der Waals surface area contributed by atoms with Gasteiger partial charge in [0, 0.05) is 7.05 Å². The summed E-state index contributed by atoms with van der Waals surface area (Å²) in [6.07, 6.45) is 0. The number of nitrogens with one attached hydrogen (secondary N) is 2. The molecule has 28 heavy (non-hydrogen) atoms. The molecule has 0 unspecified atom stereocenters. The zero-order valence-corrected chi connectivity index (χ0v) is 16.8. The van der Waals surface area contributed by atoms with Crippen LogP contribution in [-0.4, -0.2) is 17.2 Å². The second-order valence-electron chi connectivity index (χ2n) is 5.05. The second-order valence-corrected chi connectivity index (χ2v) is 5.05. The molecule has 2 N–H and O–H groups in total. The van der Waals surface area contributed by atoms with Gasteiger partial charge in [-0.05, 0) is 36.8 Å². The SMILES string of the molecule is CC.CC.CNc1nnc(-c2ccc(F)c(F)c2Nc2ccc(C)cc2F)o1. The standard InChI is InChI=1S/C16H13F3N4O.2C2H6/c1-8-3-6-12(11(18)7-8)21-14-9(4-5-10(17)13(14)19)15-22-23-16(20-2)24-15;2*1-2/h3-7,21H,1-2H3,(H,20,23);2*1-2H3. The van der Waals surface area contributed by atoms with Gasteiger partial charge >= 0.3 is 6.01 Å². The molecule has 0 amide bonds. The fourth-order valence-corrected chi connectivity index (χ4v) is 2.14. The van der Waals surface area contributed by atoms with Crippen molar-refractivity contribution in [2.45, 2.75) is 34.6 Å². The first-order valence-corrected chi connectivity index (χ1v) is 9.02. The Morgan fingerprint density at radius 1 is 0.893 bits per heavy atom. The number of hydrogen-bond donors (Lipinski definition) is 2. The molecule has 0 saturated carbocycles. The van der Waals surface area contributed by atoms with Crippen LogP contribution in [0.25, 0.3) is 11.5 Å². The Balaban J connectivity index is 0.000000921. The van der Waals surface area contributed by atoms with Crippen molar-refractivity contribution in [1.29, 1.82) is 0 Å². The van der Waals surface area contributed by atoms with Crippen molar-refractivity contribution in [3.05, 3.63) is 53.3 Å². The highest BCUT2D eigenvalue weighted by Crippen LogP contribution is 2.34. The number of aromatic nitrogens is 2. The zero-order valence-electron chi connectivity index (χ0n) is 16.8. The Kier molecular flexibility index (Phi) is 9.01. The van der Waals surface area contributed by atoms with Crippen LogP contribution < -0.4 is 10.6 Å². The van der Waals surface area contributed by atoms with E-state index in [1.165, 1.54) is 18.2 Å². The van der Waals surface area contributed by atoms with Gasteiger partial charge in [0.15, 0.2) is 11.6 Å². The minimum atomic E-state index is -1.17. The zero-order chi connectivity index (χ0) is 21.3. The number of aryl methyl sites for hydroxylation is 1. The van der Waals surface area contributed by atoms with Crippen LogP contribution in [0.15, 0.2) is 34.7 Å². The fourth-order valence-electron chi connectivity index (χ4n) is 2.14. The molecule has 152 valence electrons. The molecular formula is C20H25F3N4O. The average molecular weight is 394 g/mol. The third kappa shape index (κ3) is 5.25. The Morgan fingerprint density at radius 2 is 1.57 bits per heavy atom. The first-order chi connectivity index (χ1) is 13.5. The second kappa shape index (κ2) is 11.0. The highest BCUT2D eigenvalue weighted by Gasteiger charge is 2.20. The highest BCUT2D eigenvalue weighted by molar-refractivity contribution is 5.77. The summed E-state index contributed by atoms with van der Waals surface area (Å²) in [7, 11) is 1.57. The van der Waals surface area contributed by atoms with E-state index in [2.05, 4.69) is 20.8 Å². The topological polar surface area (TPSA) is 63.0 Å². The predicted molar refractivity (Wildman–Crippen MR) is 106 cm³/mol. The van der Waals surface area contributed by atoms with Gasteiger partial charge in [-0.3, -0.25) is 0 Å². The molecule has 0 fully saturated rings. The van der Waals surface area contributed by atoms with E-state index >= 15 is 0 Å². The van der Waals surface area contributed by atoms with E-state index in [-0.39, 0.29) is 28.8 Å². The summed E-state index contributed by atoms with van der Waals surface area (Å²) in [5.74, 6) is -2.88. The minimum absolute atomic E-state index is 0.000273. The molecule has 2 aromatic carbocycles. The normalized spacial score (nSPS) is 9.61. The Hall–Kier alpha value is -3.03. The summed E-state index contributed by atoms with van der Waals surface area (Å²) in [4.78, 5) is 0. The van der Waals surface area contributed by atoms with Gasteiger partial charge in [-0.15, -0.1) is 5.10 Å². The molecule has 5 nitrogen and oxygen atoms in total. The molecular weight excluding hydrogens is 369 g/mol. The van der Waals surface area contributed by atoms with Crippen LogP contribution in [-0.2, 0) is 0 Å². The molecule has 0 radical (unpaired) electrons. The first-order valence-electron chi connectivity index (χ1n) is 9.02. The predicted octanol–water partition coefficient (Wildman–Crippen LogP) is 6.30. The lowest BCUT2D eigenvalue weighted by atomic mass is 10.1. The van der Waals surface area contributed by atoms with Gasteiger partial charge in [0.05, 0.1) is 16.9 Å². The van der Waals surface area contributed by atoms with E-state index < -0.39 is 17.5 Å². The van der Waals surface area contributed by atoms with Crippen molar-refractivity contribution in [2.75, 3.05) is 17.7 Å². The average Bonchev–Trinajstić information content (AvgIpc) is 3.19. The number of halogens is 3. The highest BCUT2D eigenvalue weighted by atomic mass is 19.2. The van der Waals surface area contributed by atoms with Gasteiger partial charge in [0.2, 0.25) is 0 Å². The maximum Gasteiger partial charge on any atom is 0.315 e. The molecule has 3 rings (SSSR count). The van der Waals surface area contributed by atoms with Crippen molar-refractivity contribution in [3.8, 4) is 11.5 Å². The third-order valence-corrected chi connectivity index (χ3v) is 3.35. The third-order valence-electron chi connectivity index (χ3n) is 3.35. The van der Waals surface area contributed by atoms with Gasteiger partial charge in [0.25, 0.3) is 5.89 Å². The van der Waals surface area contributed by atoms with Crippen molar-refractivity contribution < 1.29 is 17.6 Å². The van der Waals surface area contributed by atoms with Crippen LogP contribution in [0, 0.1) is 24.4 Å². The van der Waals surface area contributed by atoms with Crippen LogP contribution in [0.4, 0.5) is 30.6 Å². The Labute approximate surface area is 163 Å². The first kappa shape index (κ1) is 23.0. The number of nitrogens with zero attached hydrogens (tertiary/aromatic N) is 2. The van der Waals surface area contributed by atoms with Crippen LogP contribution in [0.2, 0.25) is 0 Å². The molecule has 1 heterocycles. The van der Waals surface area contributed by atoms with Crippen molar-refractivity contribution in [3.63, 3.8) is 0 Å². The number of hydrogen-bond acceptors (Lipinski definition) is 5. The molecule has 0 spiro atoms. The van der Waals surface area contributed by atoms with Gasteiger partial charge in [-0.25, -0.2) is 13.2 Å². The maximum atomic E-state index is 14.3. The van der Waals surface area contributed by atoms with E-state index in [1.807, 2.05) is 27.7 Å². The number of rotatable bonds is 4. The van der Waals surface area contributed by atoms with Crippen LogP contribution >= 0.6 is 0 Å². The summed E-state index contributed by atoms with van der Waals surface area (Å²) in [5.41, 5.74) is 0.528. The van der Waals surface area contributed by atoms with E-state index in [1.54, 1.807) is 20.0 Å². The molecule has 0 aliphatic heterocycles. The van der Waals surface area contributed by atoms with E-state index in [0.717, 1.165) is 6.07 Å². The van der Waals surface area contributed by atoms with Gasteiger partial charge in [-0.1, -0.05) is 38.9 Å². The molecule has 8 heteroatoms. The molecule has 0 bridgehead atoms. The summed E-state index contributed by atoms with van der Waals surface area (Å²) < 4.78 is 47.2. The van der Waals surface area contributed by atoms with Crippen LogP contribution in [0.3, 0.4) is 0 Å². The minimum Gasteiger partial charge on any atom is -0.403 e. The van der Waals surface area contributed by atoms with E-state index in [0.29, 0.717) is 5.56 Å². The number of benzene rings is 2. The lowest BCUT2D eigenvalue weighted by Crippen LogP contribution is -2.01. The van der Waals surface area contributed by atoms with Crippen molar-refractivity contribution in [1.82, 2.24) is 10.2 Å². The van der Waals surface area contributed by atoms with Crippen molar-refractivity contribution in [2.24, 2.45) is 0 Å². The molecule has 0 saturated heterocycles. The van der Waals surface area contributed by atoms with E-state index in [4.69, 9.17) is 4.42 Å². The lowest BCUT2D eigenvalue weighted by molar-refractivity contribution is 0.511. The van der Waals surface area contributed by atoms with Gasteiger partial charge < -0.3 is 15.1 Å². The van der Waals surface area contributed by atoms with E-state index in [9.17, 15) is 13.2 Å². The fraction of sp³-hybridized carbons (Fsp3) is 0.300. The monoisotopic (exact) mass is 394 g/mol. The summed E-state index contributed by atoms with van der Waals surface area (Å²) in [5, 5.41) is 12.7. The van der Waals surface area contributed by atoms with Crippen LogP contribution in [0.1, 0.15) is 33.3 Å². The van der Waals surface area contributed by atoms with Gasteiger partial charge in [0.1, 0.15) is 5.82 Å². The summed E-state index contributed by atoms with van der Waals surface area (Å²) in [6.45, 7) is 9.72. The molecule has 0 aliphatic rings. The molecule has 3 aromatic rings. The molecule has 0 aliphatic carbocycles. The summed E-state index contributed by atoms with van der Waals surface area (Å²) in [6, 6.07) is 6.69. The quantitative estimate of drug-likeness (QED) is 0.544. The smallest absolute Gasteiger partial charge is 0.315 e. The van der Waals surface area contributed by atoms with Gasteiger partial charge in [-0.2, -0.15) is 0 Å². The molecule has 0 atom stereocenters.